The van der Waals surface area contributed by atoms with E-state index >= 15 is 17.6 Å². The molecule has 2 aromatic rings. The molecule has 4 aliphatic carbocycles. The van der Waals surface area contributed by atoms with Crippen LogP contribution in [0.3, 0.4) is 0 Å². The molecule has 0 radical (unpaired) electrons. The third-order valence-corrected chi connectivity index (χ3v) is 18.3. The summed E-state index contributed by atoms with van der Waals surface area (Å²) in [4.78, 5) is 0. The van der Waals surface area contributed by atoms with Gasteiger partial charge >= 0.3 is 268 Å². The Morgan fingerprint density at radius 3 is 1.61 bits per heavy atom. The Morgan fingerprint density at radius 2 is 1.14 bits per heavy atom. The minimum atomic E-state index is -6.04. The van der Waals surface area contributed by atoms with Gasteiger partial charge in [0.1, 0.15) is 0 Å². The first-order chi connectivity index (χ1) is 20.2. The molecule has 0 saturated heterocycles. The Kier molecular flexibility index (Phi) is 7.90. The van der Waals surface area contributed by atoms with Crippen LogP contribution in [-0.4, -0.2) is 30.8 Å². The molecule has 244 valence electrons. The second-order valence-corrected chi connectivity index (χ2v) is 22.1. The molecule has 6 rings (SSSR count). The molecule has 0 aliphatic heterocycles. The molecule has 0 aromatic heterocycles. The molecule has 44 heavy (non-hydrogen) atoms. The molecule has 8 atom stereocenters. The Hall–Kier alpha value is -1.24. The van der Waals surface area contributed by atoms with Crippen molar-refractivity contribution >= 4 is 30.4 Å². The van der Waals surface area contributed by atoms with E-state index in [-0.39, 0.29) is 46.8 Å². The van der Waals surface area contributed by atoms with Gasteiger partial charge in [0.25, 0.3) is 0 Å². The van der Waals surface area contributed by atoms with Gasteiger partial charge in [0.05, 0.1) is 0 Å². The fourth-order valence-electron chi connectivity index (χ4n) is 8.81. The summed E-state index contributed by atoms with van der Waals surface area (Å²) >= 11 is -3.65. The molecule has 4 saturated carbocycles. The van der Waals surface area contributed by atoms with Crippen molar-refractivity contribution in [1.29, 1.82) is 0 Å². The standard InChI is InChI=1S/C34H43F4IO4S/c1-31(2,3)21-7-11-23(12-8-21)39(24-13-9-22(10-14-24)32(4,5)6)43-44(41,42)34(37,38)33(35,36)27-17-19-15-25(27)29-20-16-26(30(19)29)28(40)18-20/h7-14,19-20,25-30,40H,15-18H2,1-6H3. The fraction of sp³-hybridized carbons (Fsp3) is 0.647. The van der Waals surface area contributed by atoms with Crippen LogP contribution < -0.4 is 0 Å². The normalized spacial score (nSPS) is 32.3. The molecule has 0 amide bonds. The van der Waals surface area contributed by atoms with Crippen LogP contribution in [0.15, 0.2) is 48.5 Å². The molecule has 10 heteroatoms. The zero-order chi connectivity index (χ0) is 32.2. The summed E-state index contributed by atoms with van der Waals surface area (Å²) in [6.07, 6.45) is 1.05. The zero-order valence-electron chi connectivity index (χ0n) is 26.0. The van der Waals surface area contributed by atoms with Gasteiger partial charge in [-0.15, -0.1) is 0 Å². The van der Waals surface area contributed by atoms with Crippen molar-refractivity contribution in [2.75, 3.05) is 0 Å². The van der Waals surface area contributed by atoms with Crippen molar-refractivity contribution in [2.45, 2.75) is 95.3 Å². The first kappa shape index (κ1) is 32.7. The topological polar surface area (TPSA) is 63.6 Å². The van der Waals surface area contributed by atoms with Crippen LogP contribution in [0.5, 0.6) is 0 Å². The number of hydrogen-bond donors (Lipinski definition) is 1. The predicted octanol–water partition coefficient (Wildman–Crippen LogP) is 8.61. The SMILES string of the molecule is CC(C)(C)c1ccc(I(OS(=O)(=O)C(F)(F)C(F)(F)C2CC3CC2C2C4CC(O)C(C4)C32)c2ccc(C(C)(C)C)cc2)cc1. The van der Waals surface area contributed by atoms with Crippen molar-refractivity contribution in [1.82, 2.24) is 0 Å². The number of fused-ring (bicyclic) bond motifs is 9. The molecule has 4 fully saturated rings. The average molecular weight is 751 g/mol. The monoisotopic (exact) mass is 750 g/mol. The van der Waals surface area contributed by atoms with Crippen LogP contribution in [0.25, 0.3) is 0 Å². The average Bonchev–Trinajstić information content (AvgIpc) is 3.70. The van der Waals surface area contributed by atoms with Crippen molar-refractivity contribution in [3.8, 4) is 0 Å². The molecule has 1 N–H and O–H groups in total. The number of rotatable bonds is 7. The van der Waals surface area contributed by atoms with E-state index < -0.39 is 59.5 Å². The van der Waals surface area contributed by atoms with E-state index in [4.69, 9.17) is 2.51 Å². The number of hydrogen-bond acceptors (Lipinski definition) is 4. The summed E-state index contributed by atoms with van der Waals surface area (Å²) in [5, 5.41) is 4.98. The van der Waals surface area contributed by atoms with E-state index in [2.05, 4.69) is 0 Å². The molecule has 4 nitrogen and oxygen atoms in total. The van der Waals surface area contributed by atoms with Crippen LogP contribution >= 0.6 is 20.2 Å². The zero-order valence-corrected chi connectivity index (χ0v) is 29.0. The van der Waals surface area contributed by atoms with E-state index in [0.717, 1.165) is 17.5 Å². The second kappa shape index (κ2) is 10.6. The number of aliphatic hydroxyl groups is 1. The van der Waals surface area contributed by atoms with Gasteiger partial charge < -0.3 is 0 Å². The first-order valence-electron chi connectivity index (χ1n) is 15.5. The number of aliphatic hydroxyl groups excluding tert-OH is 1. The Bertz CT molecular complexity index is 1440. The Morgan fingerprint density at radius 1 is 0.705 bits per heavy atom. The molecule has 8 unspecified atom stereocenters. The molecular weight excluding hydrogens is 707 g/mol. The number of benzene rings is 2. The van der Waals surface area contributed by atoms with Gasteiger partial charge in [-0.3, -0.25) is 0 Å². The van der Waals surface area contributed by atoms with Crippen molar-refractivity contribution in [3.63, 3.8) is 0 Å². The quantitative estimate of drug-likeness (QED) is 0.175. The van der Waals surface area contributed by atoms with Gasteiger partial charge in [-0.2, -0.15) is 0 Å². The molecule has 2 aromatic carbocycles. The fourth-order valence-corrected chi connectivity index (χ4v) is 15.8. The Labute approximate surface area is 266 Å². The second-order valence-electron chi connectivity index (χ2n) is 15.5. The Balaban J connectivity index is 1.31. The van der Waals surface area contributed by atoms with Gasteiger partial charge in [0.2, 0.25) is 0 Å². The van der Waals surface area contributed by atoms with Crippen molar-refractivity contribution in [3.05, 3.63) is 66.8 Å². The van der Waals surface area contributed by atoms with E-state index in [1.54, 1.807) is 24.3 Å². The molecular formula is C34H43F4IO4S. The van der Waals surface area contributed by atoms with Gasteiger partial charge in [-0.25, -0.2) is 0 Å². The van der Waals surface area contributed by atoms with Gasteiger partial charge in [0, 0.05) is 0 Å². The van der Waals surface area contributed by atoms with Crippen molar-refractivity contribution < 1.29 is 33.6 Å². The minimum absolute atomic E-state index is 0.0416. The number of halogens is 5. The van der Waals surface area contributed by atoms with Crippen LogP contribution in [0.4, 0.5) is 17.6 Å². The van der Waals surface area contributed by atoms with Crippen LogP contribution in [-0.2, 0) is 23.5 Å². The van der Waals surface area contributed by atoms with Crippen molar-refractivity contribution in [2.24, 2.45) is 41.4 Å². The maximum atomic E-state index is 16.0. The number of alkyl halides is 4. The van der Waals surface area contributed by atoms with Gasteiger partial charge in [-0.1, -0.05) is 0 Å². The summed E-state index contributed by atoms with van der Waals surface area (Å²) in [5.74, 6) is -7.37. The van der Waals surface area contributed by atoms with Gasteiger partial charge in [0.15, 0.2) is 0 Å². The summed E-state index contributed by atoms with van der Waals surface area (Å²) < 4.78 is 96.9. The molecule has 4 aliphatic rings. The predicted molar refractivity (Wildman–Crippen MR) is 171 cm³/mol. The van der Waals surface area contributed by atoms with E-state index in [1.165, 1.54) is 0 Å². The van der Waals surface area contributed by atoms with Crippen LogP contribution in [0, 0.1) is 48.6 Å². The molecule has 0 spiro atoms. The summed E-state index contributed by atoms with van der Waals surface area (Å²) in [6.45, 7) is 12.1. The summed E-state index contributed by atoms with van der Waals surface area (Å²) in [5.41, 5.74) is 1.51. The third-order valence-electron chi connectivity index (χ3n) is 10.9. The van der Waals surface area contributed by atoms with E-state index in [9.17, 15) is 13.5 Å². The maximum absolute atomic E-state index is 16.0. The van der Waals surface area contributed by atoms with Crippen LogP contribution in [0.1, 0.15) is 78.4 Å². The first-order valence-corrected chi connectivity index (χ1v) is 20.0. The molecule has 4 bridgehead atoms. The molecule has 0 heterocycles. The summed E-state index contributed by atoms with van der Waals surface area (Å²) in [6, 6.07) is 13.9. The van der Waals surface area contributed by atoms with E-state index in [1.807, 2.05) is 65.8 Å². The van der Waals surface area contributed by atoms with Crippen LogP contribution in [0.2, 0.25) is 0 Å². The van der Waals surface area contributed by atoms with Gasteiger partial charge in [-0.05, 0) is 0 Å². The summed E-state index contributed by atoms with van der Waals surface area (Å²) in [7, 11) is -6.04. The van der Waals surface area contributed by atoms with E-state index in [0.29, 0.717) is 20.0 Å². The third kappa shape index (κ3) is 5.16.